The molecular formula is C22H26N6O6. The number of fused-ring (bicyclic) bond motifs is 1. The van der Waals surface area contributed by atoms with Crippen molar-refractivity contribution in [1.29, 1.82) is 0 Å². The number of carbonyl (C=O) groups excluding carboxylic acids is 2. The Morgan fingerprint density at radius 2 is 1.88 bits per heavy atom. The second kappa shape index (κ2) is 10.6. The van der Waals surface area contributed by atoms with Crippen LogP contribution in [0.25, 0.3) is 0 Å². The van der Waals surface area contributed by atoms with Crippen LogP contribution in [-0.4, -0.2) is 57.7 Å². The summed E-state index contributed by atoms with van der Waals surface area (Å²) in [7, 11) is 0. The number of pyridine rings is 1. The molecule has 0 radical (unpaired) electrons. The van der Waals surface area contributed by atoms with Crippen molar-refractivity contribution in [3.8, 4) is 11.5 Å². The number of carboxylic acid groups (broad SMARTS) is 1. The van der Waals surface area contributed by atoms with Crippen LogP contribution in [0, 0.1) is 0 Å². The van der Waals surface area contributed by atoms with Crippen molar-refractivity contribution < 1.29 is 29.0 Å². The first kappa shape index (κ1) is 24.5. The fourth-order valence-electron chi connectivity index (χ4n) is 3.61. The van der Waals surface area contributed by atoms with Crippen molar-refractivity contribution in [3.63, 3.8) is 0 Å². The van der Waals surface area contributed by atoms with Gasteiger partial charge in [-0.15, -0.1) is 0 Å². The first-order valence-corrected chi connectivity index (χ1v) is 10.4. The molecule has 2 heterocycles. The van der Waals surface area contributed by atoms with Gasteiger partial charge in [0, 0.05) is 38.0 Å². The highest BCUT2D eigenvalue weighted by molar-refractivity contribution is 6.07. The topological polar surface area (TPSA) is 182 Å². The standard InChI is InChI=1S/C22H26N6O6/c1-14(29)28(19(30)16-5-9-25-10-6-16)22(20(31)32,7-2-8-26-21(23)24)27-12-15-3-4-17-18(11-15)34-13-33-17/h3-6,9-11,27H,2,7-8,12-13H2,1H3,(H,31,32)(H4,23,24,26)/t22-/m0/s1. The summed E-state index contributed by atoms with van der Waals surface area (Å²) in [4.78, 5) is 47.2. The van der Waals surface area contributed by atoms with E-state index >= 15 is 0 Å². The summed E-state index contributed by atoms with van der Waals surface area (Å²) in [6, 6.07) is 7.94. The lowest BCUT2D eigenvalue weighted by atomic mass is 9.98. The van der Waals surface area contributed by atoms with Crippen molar-refractivity contribution in [3.05, 3.63) is 53.9 Å². The van der Waals surface area contributed by atoms with Gasteiger partial charge in [-0.25, -0.2) is 9.69 Å². The third-order valence-electron chi connectivity index (χ3n) is 5.19. The lowest BCUT2D eigenvalue weighted by molar-refractivity contribution is -0.159. The van der Waals surface area contributed by atoms with E-state index in [1.165, 1.54) is 24.5 Å². The second-order valence-corrected chi connectivity index (χ2v) is 7.51. The second-order valence-electron chi connectivity index (χ2n) is 7.51. The van der Waals surface area contributed by atoms with Crippen molar-refractivity contribution >= 4 is 23.7 Å². The van der Waals surface area contributed by atoms with Crippen LogP contribution >= 0.6 is 0 Å². The van der Waals surface area contributed by atoms with Crippen LogP contribution in [-0.2, 0) is 16.1 Å². The van der Waals surface area contributed by atoms with Gasteiger partial charge in [-0.1, -0.05) is 6.07 Å². The van der Waals surface area contributed by atoms with E-state index in [-0.39, 0.29) is 44.2 Å². The van der Waals surface area contributed by atoms with Gasteiger partial charge in [0.15, 0.2) is 17.5 Å². The maximum absolute atomic E-state index is 13.3. The number of hydrogen-bond donors (Lipinski definition) is 4. The molecule has 0 saturated carbocycles. The zero-order valence-electron chi connectivity index (χ0n) is 18.6. The van der Waals surface area contributed by atoms with Gasteiger partial charge in [-0.3, -0.25) is 24.9 Å². The lowest BCUT2D eigenvalue weighted by Crippen LogP contribution is -2.67. The Morgan fingerprint density at radius 1 is 1.18 bits per heavy atom. The van der Waals surface area contributed by atoms with E-state index in [0.29, 0.717) is 22.0 Å². The molecule has 2 aromatic rings. The number of amides is 2. The van der Waals surface area contributed by atoms with E-state index in [9.17, 15) is 19.5 Å². The van der Waals surface area contributed by atoms with Crippen LogP contribution < -0.4 is 26.3 Å². The van der Waals surface area contributed by atoms with Crippen LogP contribution in [0.5, 0.6) is 11.5 Å². The van der Waals surface area contributed by atoms with E-state index in [4.69, 9.17) is 20.9 Å². The molecule has 12 heteroatoms. The average molecular weight is 470 g/mol. The third kappa shape index (κ3) is 5.41. The molecule has 3 rings (SSSR count). The number of carboxylic acids is 1. The largest absolute Gasteiger partial charge is 0.478 e. The van der Waals surface area contributed by atoms with Gasteiger partial charge in [0.2, 0.25) is 18.4 Å². The Bertz CT molecular complexity index is 1090. The number of nitrogens with two attached hydrogens (primary N) is 2. The summed E-state index contributed by atoms with van der Waals surface area (Å²) < 4.78 is 10.7. The van der Waals surface area contributed by atoms with Gasteiger partial charge in [0.1, 0.15) is 0 Å². The molecule has 1 aromatic carbocycles. The molecule has 0 fully saturated rings. The molecule has 1 atom stereocenters. The quantitative estimate of drug-likeness (QED) is 0.164. The summed E-state index contributed by atoms with van der Waals surface area (Å²) in [6.07, 6.45) is 2.78. The van der Waals surface area contributed by atoms with E-state index in [1.807, 2.05) is 0 Å². The monoisotopic (exact) mass is 470 g/mol. The van der Waals surface area contributed by atoms with Crippen molar-refractivity contribution in [2.24, 2.45) is 16.5 Å². The number of nitrogens with zero attached hydrogens (tertiary/aromatic N) is 3. The zero-order valence-corrected chi connectivity index (χ0v) is 18.6. The van der Waals surface area contributed by atoms with Crippen LogP contribution in [0.15, 0.2) is 47.7 Å². The molecule has 1 aliphatic rings. The Morgan fingerprint density at radius 3 is 2.53 bits per heavy atom. The van der Waals surface area contributed by atoms with Crippen molar-refractivity contribution in [2.45, 2.75) is 32.0 Å². The maximum atomic E-state index is 13.3. The van der Waals surface area contributed by atoms with Gasteiger partial charge in [0.05, 0.1) is 0 Å². The first-order valence-electron chi connectivity index (χ1n) is 10.4. The number of carbonyl (C=O) groups is 3. The Balaban J connectivity index is 1.96. The molecular weight excluding hydrogens is 444 g/mol. The number of hydrogen-bond acceptors (Lipinski definition) is 8. The minimum Gasteiger partial charge on any atom is -0.478 e. The normalized spacial score (nSPS) is 13.6. The van der Waals surface area contributed by atoms with Crippen molar-refractivity contribution in [1.82, 2.24) is 15.2 Å². The molecule has 0 unspecified atom stereocenters. The summed E-state index contributed by atoms with van der Waals surface area (Å²) >= 11 is 0. The lowest BCUT2D eigenvalue weighted by Gasteiger charge is -2.39. The molecule has 6 N–H and O–H groups in total. The summed E-state index contributed by atoms with van der Waals surface area (Å²) in [5, 5.41) is 13.3. The molecule has 12 nitrogen and oxygen atoms in total. The Hall–Kier alpha value is -4.19. The fourth-order valence-corrected chi connectivity index (χ4v) is 3.61. The molecule has 2 amide bonds. The van der Waals surface area contributed by atoms with Crippen molar-refractivity contribution in [2.75, 3.05) is 13.3 Å². The number of imide groups is 1. The molecule has 1 aliphatic heterocycles. The smallest absolute Gasteiger partial charge is 0.345 e. The molecule has 34 heavy (non-hydrogen) atoms. The maximum Gasteiger partial charge on any atom is 0.345 e. The van der Waals surface area contributed by atoms with Gasteiger partial charge in [-0.2, -0.15) is 0 Å². The van der Waals surface area contributed by atoms with Crippen LogP contribution in [0.3, 0.4) is 0 Å². The number of ether oxygens (including phenoxy) is 2. The van der Waals surface area contributed by atoms with Crippen LogP contribution in [0.1, 0.15) is 35.7 Å². The van der Waals surface area contributed by atoms with E-state index in [1.54, 1.807) is 18.2 Å². The first-order chi connectivity index (χ1) is 16.2. The molecule has 0 bridgehead atoms. The molecule has 0 saturated heterocycles. The highest BCUT2D eigenvalue weighted by atomic mass is 16.7. The number of guanidine groups is 1. The minimum absolute atomic E-state index is 0.0125. The number of nitrogens with one attached hydrogen (secondary N) is 1. The molecule has 180 valence electrons. The summed E-state index contributed by atoms with van der Waals surface area (Å²) in [5.41, 5.74) is 9.43. The average Bonchev–Trinajstić information content (AvgIpc) is 3.28. The van der Waals surface area contributed by atoms with Crippen LogP contribution in [0.2, 0.25) is 0 Å². The number of aliphatic carboxylic acids is 1. The van der Waals surface area contributed by atoms with Gasteiger partial charge < -0.3 is 26.0 Å². The van der Waals surface area contributed by atoms with E-state index < -0.39 is 23.4 Å². The highest BCUT2D eigenvalue weighted by Crippen LogP contribution is 2.33. The SMILES string of the molecule is CC(=O)N(C(=O)c1ccncc1)[C@](CCCN=C(N)N)(NCc1ccc2c(c1)OCO2)C(=O)O. The van der Waals surface area contributed by atoms with Gasteiger partial charge in [0.25, 0.3) is 5.91 Å². The molecule has 0 aliphatic carbocycles. The molecule has 1 aromatic heterocycles. The van der Waals surface area contributed by atoms with E-state index in [0.717, 1.165) is 6.92 Å². The number of rotatable bonds is 10. The van der Waals surface area contributed by atoms with Gasteiger partial charge in [-0.05, 0) is 42.7 Å². The highest BCUT2D eigenvalue weighted by Gasteiger charge is 2.48. The Labute approximate surface area is 195 Å². The summed E-state index contributed by atoms with van der Waals surface area (Å²) in [6.45, 7) is 1.35. The Kier molecular flexibility index (Phi) is 7.64. The van der Waals surface area contributed by atoms with Crippen LogP contribution in [0.4, 0.5) is 0 Å². The summed E-state index contributed by atoms with van der Waals surface area (Å²) in [5.74, 6) is -1.99. The number of aliphatic imine (C=N–C) groups is 1. The zero-order chi connectivity index (χ0) is 24.7. The van der Waals surface area contributed by atoms with Gasteiger partial charge >= 0.3 is 5.97 Å². The number of aromatic nitrogens is 1. The fraction of sp³-hybridized carbons (Fsp3) is 0.318. The number of benzene rings is 1. The molecule has 0 spiro atoms. The predicted octanol–water partition coefficient (Wildman–Crippen LogP) is 0.423. The minimum atomic E-state index is -2.08. The predicted molar refractivity (Wildman–Crippen MR) is 121 cm³/mol. The third-order valence-corrected chi connectivity index (χ3v) is 5.19. The van der Waals surface area contributed by atoms with E-state index in [2.05, 4.69) is 15.3 Å².